The molecule has 0 radical (unpaired) electrons. The van der Waals surface area contributed by atoms with Gasteiger partial charge >= 0.3 is 0 Å². The van der Waals surface area contributed by atoms with E-state index in [0.29, 0.717) is 16.3 Å². The van der Waals surface area contributed by atoms with Gasteiger partial charge in [0.25, 0.3) is 0 Å². The first-order chi connectivity index (χ1) is 8.61. The monoisotopic (exact) mass is 260 g/mol. The SMILES string of the molecule is Cc1cccc(Oc2ccc(Cl)cc2C=O)c1C. The summed E-state index contributed by atoms with van der Waals surface area (Å²) in [7, 11) is 0. The maximum atomic E-state index is 11.0. The summed E-state index contributed by atoms with van der Waals surface area (Å²) >= 11 is 5.84. The second-order valence-electron chi connectivity index (χ2n) is 4.10. The van der Waals surface area contributed by atoms with Gasteiger partial charge in [0.2, 0.25) is 0 Å². The Hall–Kier alpha value is -1.80. The molecule has 2 aromatic carbocycles. The molecule has 2 nitrogen and oxygen atoms in total. The summed E-state index contributed by atoms with van der Waals surface area (Å²) in [5.74, 6) is 1.27. The minimum Gasteiger partial charge on any atom is -0.456 e. The van der Waals surface area contributed by atoms with Crippen molar-refractivity contribution in [2.45, 2.75) is 13.8 Å². The van der Waals surface area contributed by atoms with Crippen LogP contribution < -0.4 is 4.74 Å². The van der Waals surface area contributed by atoms with E-state index in [-0.39, 0.29) is 0 Å². The van der Waals surface area contributed by atoms with Crippen molar-refractivity contribution in [1.29, 1.82) is 0 Å². The zero-order valence-electron chi connectivity index (χ0n) is 10.2. The smallest absolute Gasteiger partial charge is 0.153 e. The fourth-order valence-electron chi connectivity index (χ4n) is 1.66. The number of halogens is 1. The standard InChI is InChI=1S/C15H13ClO2/c1-10-4-3-5-14(11(10)2)18-15-7-6-13(16)8-12(15)9-17/h3-9H,1-2H3. The number of hydrogen-bond acceptors (Lipinski definition) is 2. The van der Waals surface area contributed by atoms with Crippen LogP contribution in [0, 0.1) is 13.8 Å². The third-order valence-corrected chi connectivity index (χ3v) is 3.11. The molecule has 3 heteroatoms. The highest BCUT2D eigenvalue weighted by Gasteiger charge is 2.08. The van der Waals surface area contributed by atoms with Gasteiger partial charge in [-0.3, -0.25) is 4.79 Å². The fraction of sp³-hybridized carbons (Fsp3) is 0.133. The zero-order valence-corrected chi connectivity index (χ0v) is 11.0. The molecule has 0 aliphatic heterocycles. The molecule has 0 bridgehead atoms. The normalized spacial score (nSPS) is 10.2. The van der Waals surface area contributed by atoms with Crippen LogP contribution in [0.4, 0.5) is 0 Å². The van der Waals surface area contributed by atoms with Gasteiger partial charge in [-0.25, -0.2) is 0 Å². The molecule has 2 aromatic rings. The van der Waals surface area contributed by atoms with Crippen LogP contribution in [-0.2, 0) is 0 Å². The van der Waals surface area contributed by atoms with Gasteiger partial charge in [0.05, 0.1) is 5.56 Å². The number of benzene rings is 2. The Kier molecular flexibility index (Phi) is 3.68. The molecule has 2 rings (SSSR count). The topological polar surface area (TPSA) is 26.3 Å². The molecule has 0 atom stereocenters. The van der Waals surface area contributed by atoms with E-state index in [1.807, 2.05) is 32.0 Å². The van der Waals surface area contributed by atoms with E-state index < -0.39 is 0 Å². The first-order valence-corrected chi connectivity index (χ1v) is 5.98. The molecule has 0 saturated carbocycles. The van der Waals surface area contributed by atoms with Gasteiger partial charge in [-0.1, -0.05) is 23.7 Å². The summed E-state index contributed by atoms with van der Waals surface area (Å²) in [6.07, 6.45) is 0.742. The van der Waals surface area contributed by atoms with Crippen LogP contribution in [-0.4, -0.2) is 6.29 Å². The summed E-state index contributed by atoms with van der Waals surface area (Å²) in [4.78, 5) is 11.0. The molecule has 0 unspecified atom stereocenters. The summed E-state index contributed by atoms with van der Waals surface area (Å²) in [5.41, 5.74) is 2.65. The average Bonchev–Trinajstić information content (AvgIpc) is 2.37. The van der Waals surface area contributed by atoms with Crippen LogP contribution in [0.3, 0.4) is 0 Å². The van der Waals surface area contributed by atoms with Gasteiger partial charge in [-0.2, -0.15) is 0 Å². The van der Waals surface area contributed by atoms with Gasteiger partial charge < -0.3 is 4.74 Å². The van der Waals surface area contributed by atoms with Crippen LogP contribution in [0.2, 0.25) is 5.02 Å². The lowest BCUT2D eigenvalue weighted by Gasteiger charge is -2.12. The Morgan fingerprint density at radius 2 is 1.89 bits per heavy atom. The van der Waals surface area contributed by atoms with Crippen molar-refractivity contribution in [3.63, 3.8) is 0 Å². The molecule has 0 aromatic heterocycles. The predicted molar refractivity (Wildman–Crippen MR) is 72.8 cm³/mol. The van der Waals surface area contributed by atoms with Crippen molar-refractivity contribution in [2.24, 2.45) is 0 Å². The maximum Gasteiger partial charge on any atom is 0.153 e. The molecule has 92 valence electrons. The predicted octanol–water partition coefficient (Wildman–Crippen LogP) is 4.56. The van der Waals surface area contributed by atoms with Gasteiger partial charge in [-0.05, 0) is 49.2 Å². The molecular formula is C15H13ClO2. The van der Waals surface area contributed by atoms with Crippen LogP contribution in [0.25, 0.3) is 0 Å². The zero-order chi connectivity index (χ0) is 13.1. The van der Waals surface area contributed by atoms with Crippen molar-refractivity contribution in [3.8, 4) is 11.5 Å². The lowest BCUT2D eigenvalue weighted by molar-refractivity contribution is 0.112. The minimum atomic E-state index is 0.448. The first-order valence-electron chi connectivity index (χ1n) is 5.60. The van der Waals surface area contributed by atoms with Crippen molar-refractivity contribution in [2.75, 3.05) is 0 Å². The van der Waals surface area contributed by atoms with E-state index in [1.54, 1.807) is 18.2 Å². The lowest BCUT2D eigenvalue weighted by atomic mass is 10.1. The second kappa shape index (κ2) is 5.23. The molecule has 18 heavy (non-hydrogen) atoms. The van der Waals surface area contributed by atoms with Gasteiger partial charge in [0.15, 0.2) is 6.29 Å². The van der Waals surface area contributed by atoms with Crippen LogP contribution in [0.1, 0.15) is 21.5 Å². The molecule has 0 aliphatic carbocycles. The van der Waals surface area contributed by atoms with Gasteiger partial charge in [0.1, 0.15) is 11.5 Å². The molecular weight excluding hydrogens is 248 g/mol. The molecule has 0 saturated heterocycles. The Labute approximate surface area is 111 Å². The number of carbonyl (C=O) groups excluding carboxylic acids is 1. The van der Waals surface area contributed by atoms with Crippen molar-refractivity contribution >= 4 is 17.9 Å². The van der Waals surface area contributed by atoms with Crippen molar-refractivity contribution in [3.05, 3.63) is 58.1 Å². The maximum absolute atomic E-state index is 11.0. The number of rotatable bonds is 3. The fourth-order valence-corrected chi connectivity index (χ4v) is 1.84. The summed E-state index contributed by atoms with van der Waals surface area (Å²) in [6, 6.07) is 10.8. The number of aryl methyl sites for hydroxylation is 1. The van der Waals surface area contributed by atoms with Crippen LogP contribution in [0.5, 0.6) is 11.5 Å². The largest absolute Gasteiger partial charge is 0.456 e. The molecule has 0 spiro atoms. The van der Waals surface area contributed by atoms with Crippen molar-refractivity contribution in [1.82, 2.24) is 0 Å². The Morgan fingerprint density at radius 3 is 2.61 bits per heavy atom. The van der Waals surface area contributed by atoms with E-state index in [1.165, 1.54) is 0 Å². The average molecular weight is 261 g/mol. The quantitative estimate of drug-likeness (QED) is 0.756. The molecule has 0 heterocycles. The molecule has 0 aliphatic rings. The van der Waals surface area contributed by atoms with Gasteiger partial charge in [-0.15, -0.1) is 0 Å². The summed E-state index contributed by atoms with van der Waals surface area (Å²) < 4.78 is 5.78. The molecule has 0 fully saturated rings. The minimum absolute atomic E-state index is 0.448. The second-order valence-corrected chi connectivity index (χ2v) is 4.54. The lowest BCUT2D eigenvalue weighted by Crippen LogP contribution is -1.93. The number of hydrogen-bond donors (Lipinski definition) is 0. The molecule has 0 N–H and O–H groups in total. The highest BCUT2D eigenvalue weighted by molar-refractivity contribution is 6.30. The summed E-state index contributed by atoms with van der Waals surface area (Å²) in [5, 5.41) is 0.519. The van der Waals surface area contributed by atoms with E-state index in [9.17, 15) is 4.79 Å². The van der Waals surface area contributed by atoms with E-state index in [0.717, 1.165) is 23.2 Å². The van der Waals surface area contributed by atoms with Crippen LogP contribution in [0.15, 0.2) is 36.4 Å². The van der Waals surface area contributed by atoms with E-state index in [4.69, 9.17) is 16.3 Å². The van der Waals surface area contributed by atoms with Crippen LogP contribution >= 0.6 is 11.6 Å². The van der Waals surface area contributed by atoms with Gasteiger partial charge in [0, 0.05) is 5.02 Å². The number of ether oxygens (including phenoxy) is 1. The number of carbonyl (C=O) groups is 1. The summed E-state index contributed by atoms with van der Waals surface area (Å²) in [6.45, 7) is 4.01. The third kappa shape index (κ3) is 2.54. The third-order valence-electron chi connectivity index (χ3n) is 2.87. The Bertz CT molecular complexity index is 591. The highest BCUT2D eigenvalue weighted by atomic mass is 35.5. The van der Waals surface area contributed by atoms with E-state index >= 15 is 0 Å². The number of aldehydes is 1. The Balaban J connectivity index is 2.40. The highest BCUT2D eigenvalue weighted by Crippen LogP contribution is 2.30. The first kappa shape index (κ1) is 12.7. The Morgan fingerprint density at radius 1 is 1.11 bits per heavy atom. The molecule has 0 amide bonds. The van der Waals surface area contributed by atoms with E-state index in [2.05, 4.69) is 0 Å². The van der Waals surface area contributed by atoms with Crippen molar-refractivity contribution < 1.29 is 9.53 Å².